The van der Waals surface area contributed by atoms with Gasteiger partial charge in [-0.25, -0.2) is 4.52 Å². The minimum atomic E-state index is -0.0775. The van der Waals surface area contributed by atoms with Crippen molar-refractivity contribution < 1.29 is 0 Å². The first-order chi connectivity index (χ1) is 7.18. The Morgan fingerprint density at radius 2 is 2.33 bits per heavy atom. The summed E-state index contributed by atoms with van der Waals surface area (Å²) in [4.78, 5) is 12.2. The maximum Gasteiger partial charge on any atom is 0.276 e. The molecule has 5 nitrogen and oxygen atoms in total. The molecular weight excluding hydrogens is 212 g/mol. The first-order valence-electron chi connectivity index (χ1n) is 4.49. The van der Waals surface area contributed by atoms with Crippen molar-refractivity contribution in [2.45, 2.75) is 13.0 Å². The highest BCUT2D eigenvalue weighted by molar-refractivity contribution is 7.80. The molecule has 0 radical (unpaired) electrons. The van der Waals surface area contributed by atoms with Crippen LogP contribution in [-0.4, -0.2) is 19.2 Å². The van der Waals surface area contributed by atoms with E-state index in [2.05, 4.69) is 5.10 Å². The van der Waals surface area contributed by atoms with Gasteiger partial charge in [0.15, 0.2) is 0 Å². The Morgan fingerprint density at radius 3 is 3.07 bits per heavy atom. The number of fused-ring (bicyclic) bond motifs is 1. The average Bonchev–Trinajstić information content (AvgIpc) is 2.65. The standard InChI is InChI=1S/C9H10N4OS/c10-8(15)2-4-12-5-6-13-7(9(12)14)1-3-11-13/h1,3,5-6H,2,4H2,(H2,10,15). The zero-order chi connectivity index (χ0) is 10.8. The first-order valence-corrected chi connectivity index (χ1v) is 4.90. The maximum atomic E-state index is 11.8. The lowest BCUT2D eigenvalue weighted by atomic mass is 10.4. The van der Waals surface area contributed by atoms with Crippen molar-refractivity contribution >= 4 is 22.7 Å². The summed E-state index contributed by atoms with van der Waals surface area (Å²) < 4.78 is 3.12. The predicted molar refractivity (Wildman–Crippen MR) is 60.9 cm³/mol. The van der Waals surface area contributed by atoms with Gasteiger partial charge in [-0.1, -0.05) is 12.2 Å². The van der Waals surface area contributed by atoms with E-state index >= 15 is 0 Å². The number of rotatable bonds is 3. The maximum absolute atomic E-state index is 11.8. The van der Waals surface area contributed by atoms with E-state index < -0.39 is 0 Å². The Morgan fingerprint density at radius 1 is 1.53 bits per heavy atom. The average molecular weight is 222 g/mol. The van der Waals surface area contributed by atoms with E-state index in [0.29, 0.717) is 23.5 Å². The molecule has 15 heavy (non-hydrogen) atoms. The molecule has 2 aromatic heterocycles. The van der Waals surface area contributed by atoms with Crippen LogP contribution in [0.5, 0.6) is 0 Å². The highest BCUT2D eigenvalue weighted by Crippen LogP contribution is 1.95. The van der Waals surface area contributed by atoms with E-state index in [0.717, 1.165) is 0 Å². The van der Waals surface area contributed by atoms with E-state index in [1.807, 2.05) is 0 Å². The number of aryl methyl sites for hydroxylation is 1. The molecule has 2 aromatic rings. The van der Waals surface area contributed by atoms with Gasteiger partial charge in [0, 0.05) is 25.4 Å². The largest absolute Gasteiger partial charge is 0.393 e. The lowest BCUT2D eigenvalue weighted by Gasteiger charge is -2.04. The lowest BCUT2D eigenvalue weighted by Crippen LogP contribution is -2.23. The second-order valence-electron chi connectivity index (χ2n) is 3.17. The summed E-state index contributed by atoms with van der Waals surface area (Å²) in [5.41, 5.74) is 5.86. The van der Waals surface area contributed by atoms with Crippen LogP contribution in [0.1, 0.15) is 6.42 Å². The number of hydrogen-bond donors (Lipinski definition) is 1. The summed E-state index contributed by atoms with van der Waals surface area (Å²) in [5.74, 6) is 0. The van der Waals surface area contributed by atoms with Crippen molar-refractivity contribution in [1.82, 2.24) is 14.2 Å². The first kappa shape index (κ1) is 9.85. The minimum Gasteiger partial charge on any atom is -0.393 e. The van der Waals surface area contributed by atoms with Crippen molar-refractivity contribution in [2.24, 2.45) is 5.73 Å². The van der Waals surface area contributed by atoms with Crippen LogP contribution in [0.25, 0.3) is 5.52 Å². The third-order valence-corrected chi connectivity index (χ3v) is 2.34. The molecule has 0 spiro atoms. The number of thiocarbonyl (C=S) groups is 1. The van der Waals surface area contributed by atoms with E-state index in [9.17, 15) is 4.79 Å². The minimum absolute atomic E-state index is 0.0775. The van der Waals surface area contributed by atoms with E-state index in [-0.39, 0.29) is 5.56 Å². The Labute approximate surface area is 91.1 Å². The van der Waals surface area contributed by atoms with Crippen LogP contribution in [-0.2, 0) is 6.54 Å². The van der Waals surface area contributed by atoms with E-state index in [1.165, 1.54) is 0 Å². The fraction of sp³-hybridized carbons (Fsp3) is 0.222. The van der Waals surface area contributed by atoms with Crippen LogP contribution >= 0.6 is 12.2 Å². The molecule has 2 N–H and O–H groups in total. The van der Waals surface area contributed by atoms with Gasteiger partial charge in [-0.05, 0) is 6.07 Å². The molecule has 2 heterocycles. The topological polar surface area (TPSA) is 65.3 Å². The van der Waals surface area contributed by atoms with Crippen molar-refractivity contribution in [3.8, 4) is 0 Å². The van der Waals surface area contributed by atoms with Crippen molar-refractivity contribution in [3.05, 3.63) is 35.0 Å². The quantitative estimate of drug-likeness (QED) is 0.752. The molecule has 0 amide bonds. The monoisotopic (exact) mass is 222 g/mol. The van der Waals surface area contributed by atoms with Gasteiger partial charge in [-0.3, -0.25) is 4.79 Å². The smallest absolute Gasteiger partial charge is 0.276 e. The van der Waals surface area contributed by atoms with Gasteiger partial charge in [-0.15, -0.1) is 0 Å². The fourth-order valence-corrected chi connectivity index (χ4v) is 1.46. The zero-order valence-electron chi connectivity index (χ0n) is 7.96. The van der Waals surface area contributed by atoms with Gasteiger partial charge >= 0.3 is 0 Å². The molecule has 0 saturated carbocycles. The van der Waals surface area contributed by atoms with Gasteiger partial charge in [0.1, 0.15) is 5.52 Å². The van der Waals surface area contributed by atoms with Gasteiger partial charge in [-0.2, -0.15) is 5.10 Å². The SMILES string of the molecule is NC(=S)CCn1ccn2nccc2c1=O. The van der Waals surface area contributed by atoms with Crippen molar-refractivity contribution in [1.29, 1.82) is 0 Å². The van der Waals surface area contributed by atoms with Crippen LogP contribution in [0.2, 0.25) is 0 Å². The molecular formula is C9H10N4OS. The van der Waals surface area contributed by atoms with Gasteiger partial charge in [0.05, 0.1) is 11.2 Å². The van der Waals surface area contributed by atoms with Crippen LogP contribution in [0.3, 0.4) is 0 Å². The summed E-state index contributed by atoms with van der Waals surface area (Å²) in [5, 5.41) is 3.97. The predicted octanol–water partition coefficient (Wildman–Crippen LogP) is 0.172. The van der Waals surface area contributed by atoms with Crippen molar-refractivity contribution in [2.75, 3.05) is 0 Å². The van der Waals surface area contributed by atoms with Crippen LogP contribution in [0, 0.1) is 0 Å². The molecule has 6 heteroatoms. The normalized spacial score (nSPS) is 10.7. The fourth-order valence-electron chi connectivity index (χ4n) is 1.37. The third-order valence-electron chi connectivity index (χ3n) is 2.14. The molecule has 0 unspecified atom stereocenters. The number of aromatic nitrogens is 3. The molecule has 0 aliphatic rings. The Hall–Kier alpha value is -1.69. The summed E-state index contributed by atoms with van der Waals surface area (Å²) in [7, 11) is 0. The van der Waals surface area contributed by atoms with Gasteiger partial charge in [0.2, 0.25) is 0 Å². The molecule has 0 aliphatic carbocycles. The Bertz CT molecular complexity index is 556. The number of nitrogens with zero attached hydrogens (tertiary/aromatic N) is 3. The summed E-state index contributed by atoms with van der Waals surface area (Å²) in [6.45, 7) is 0.510. The van der Waals surface area contributed by atoms with E-state index in [4.69, 9.17) is 18.0 Å². The molecule has 0 aromatic carbocycles. The molecule has 78 valence electrons. The second kappa shape index (κ2) is 3.82. The molecule has 2 rings (SSSR count). The highest BCUT2D eigenvalue weighted by atomic mass is 32.1. The summed E-state index contributed by atoms with van der Waals surface area (Å²) in [6, 6.07) is 1.68. The molecule has 0 bridgehead atoms. The third kappa shape index (κ3) is 1.89. The Balaban J connectivity index is 2.40. The molecule has 0 saturated heterocycles. The highest BCUT2D eigenvalue weighted by Gasteiger charge is 2.02. The summed E-state index contributed by atoms with van der Waals surface area (Å²) in [6.07, 6.45) is 5.53. The van der Waals surface area contributed by atoms with E-state index in [1.54, 1.807) is 33.7 Å². The molecule has 0 aliphatic heterocycles. The number of hydrogen-bond acceptors (Lipinski definition) is 3. The lowest BCUT2D eigenvalue weighted by molar-refractivity contribution is 0.686. The van der Waals surface area contributed by atoms with Crippen molar-refractivity contribution in [3.63, 3.8) is 0 Å². The summed E-state index contributed by atoms with van der Waals surface area (Å²) >= 11 is 4.76. The zero-order valence-corrected chi connectivity index (χ0v) is 8.78. The number of nitrogens with two attached hydrogens (primary N) is 1. The van der Waals surface area contributed by atoms with Gasteiger partial charge < -0.3 is 10.3 Å². The van der Waals surface area contributed by atoms with Gasteiger partial charge in [0.25, 0.3) is 5.56 Å². The van der Waals surface area contributed by atoms with Crippen LogP contribution in [0.15, 0.2) is 29.5 Å². The van der Waals surface area contributed by atoms with Crippen LogP contribution < -0.4 is 11.3 Å². The molecule has 0 atom stereocenters. The van der Waals surface area contributed by atoms with Crippen LogP contribution in [0.4, 0.5) is 0 Å². The Kier molecular flexibility index (Phi) is 2.51. The molecule has 0 fully saturated rings. The second-order valence-corrected chi connectivity index (χ2v) is 3.70.